The summed E-state index contributed by atoms with van der Waals surface area (Å²) in [5.74, 6) is 0.703. The van der Waals surface area contributed by atoms with E-state index in [0.29, 0.717) is 11.7 Å². The van der Waals surface area contributed by atoms with Gasteiger partial charge in [-0.3, -0.25) is 0 Å². The topological polar surface area (TPSA) is 46.2 Å². The van der Waals surface area contributed by atoms with Crippen LogP contribution in [0.3, 0.4) is 0 Å². The van der Waals surface area contributed by atoms with Gasteiger partial charge in [0.15, 0.2) is 9.84 Å². The lowest BCUT2D eigenvalue weighted by Gasteiger charge is -2.31. The maximum absolute atomic E-state index is 11.8. The number of nitrogens with one attached hydrogen (secondary N) is 1. The number of rotatable bonds is 7. The summed E-state index contributed by atoms with van der Waals surface area (Å²) < 4.78 is 23.6. The summed E-state index contributed by atoms with van der Waals surface area (Å²) in [5.41, 5.74) is 0.147. The molecule has 0 aromatic carbocycles. The predicted octanol–water partition coefficient (Wildman–Crippen LogP) is 2.47. The summed E-state index contributed by atoms with van der Waals surface area (Å²) in [5, 5.41) is 3.06. The Balaban J connectivity index is 4.47. The maximum atomic E-state index is 11.8. The summed E-state index contributed by atoms with van der Waals surface area (Å²) in [6, 6.07) is 0. The van der Waals surface area contributed by atoms with Gasteiger partial charge >= 0.3 is 0 Å². The Kier molecular flexibility index (Phi) is 6.70. The van der Waals surface area contributed by atoms with E-state index in [-0.39, 0.29) is 10.7 Å². The summed E-state index contributed by atoms with van der Waals surface area (Å²) >= 11 is 0. The van der Waals surface area contributed by atoms with E-state index in [9.17, 15) is 8.42 Å². The van der Waals surface area contributed by atoms with Crippen LogP contribution in [0.25, 0.3) is 0 Å². The van der Waals surface area contributed by atoms with Crippen LogP contribution in [0.15, 0.2) is 0 Å². The minimum atomic E-state index is -2.91. The van der Waals surface area contributed by atoms with Crippen LogP contribution in [0.1, 0.15) is 48.0 Å². The van der Waals surface area contributed by atoms with Crippen molar-refractivity contribution in [2.24, 2.45) is 11.3 Å². The highest BCUT2D eigenvalue weighted by molar-refractivity contribution is 7.91. The molecule has 0 saturated heterocycles. The van der Waals surface area contributed by atoms with Crippen molar-refractivity contribution < 1.29 is 8.42 Å². The van der Waals surface area contributed by atoms with Crippen molar-refractivity contribution in [1.29, 1.82) is 0 Å². The molecule has 17 heavy (non-hydrogen) atoms. The van der Waals surface area contributed by atoms with E-state index < -0.39 is 9.84 Å². The van der Waals surface area contributed by atoms with E-state index in [1.54, 1.807) is 13.8 Å². The van der Waals surface area contributed by atoms with E-state index in [4.69, 9.17) is 0 Å². The molecule has 0 fully saturated rings. The first kappa shape index (κ1) is 16.9. The van der Waals surface area contributed by atoms with Crippen LogP contribution >= 0.6 is 0 Å². The third-order valence-corrected chi connectivity index (χ3v) is 5.58. The molecule has 1 unspecified atom stereocenters. The molecule has 1 N–H and O–H groups in total. The van der Waals surface area contributed by atoms with E-state index in [1.807, 2.05) is 0 Å². The lowest BCUT2D eigenvalue weighted by atomic mass is 9.79. The SMILES string of the molecule is CCNCC(CCS(=O)(=O)C(C)C)C(C)(C)C. The van der Waals surface area contributed by atoms with Crippen LogP contribution in [0, 0.1) is 11.3 Å². The van der Waals surface area contributed by atoms with Gasteiger partial charge in [-0.1, -0.05) is 27.7 Å². The van der Waals surface area contributed by atoms with Gasteiger partial charge in [-0.25, -0.2) is 8.42 Å². The normalized spacial score (nSPS) is 15.2. The minimum Gasteiger partial charge on any atom is -0.317 e. The van der Waals surface area contributed by atoms with Gasteiger partial charge in [-0.05, 0) is 44.7 Å². The smallest absolute Gasteiger partial charge is 0.152 e. The molecule has 0 aromatic rings. The molecule has 0 bridgehead atoms. The summed E-state index contributed by atoms with van der Waals surface area (Å²) in [6.07, 6.45) is 0.747. The molecule has 0 spiro atoms. The van der Waals surface area contributed by atoms with Gasteiger partial charge in [0.1, 0.15) is 0 Å². The Morgan fingerprint density at radius 2 is 1.71 bits per heavy atom. The highest BCUT2D eigenvalue weighted by Gasteiger charge is 2.26. The molecular formula is C13H29NO2S. The molecule has 0 rings (SSSR count). The molecule has 0 aliphatic heterocycles. The van der Waals surface area contributed by atoms with Gasteiger partial charge in [0.2, 0.25) is 0 Å². The van der Waals surface area contributed by atoms with Crippen molar-refractivity contribution in [3.8, 4) is 0 Å². The van der Waals surface area contributed by atoms with Crippen molar-refractivity contribution in [1.82, 2.24) is 5.32 Å². The molecule has 0 aliphatic carbocycles. The predicted molar refractivity (Wildman–Crippen MR) is 75.0 cm³/mol. The second-order valence-electron chi connectivity index (χ2n) is 6.08. The largest absolute Gasteiger partial charge is 0.317 e. The van der Waals surface area contributed by atoms with Gasteiger partial charge in [0.25, 0.3) is 0 Å². The number of hydrogen-bond acceptors (Lipinski definition) is 3. The van der Waals surface area contributed by atoms with Crippen LogP contribution in [-0.4, -0.2) is 32.5 Å². The summed E-state index contributed by atoms with van der Waals surface area (Å²) in [7, 11) is -2.91. The molecule has 1 atom stereocenters. The Labute approximate surface area is 107 Å². The van der Waals surface area contributed by atoms with E-state index in [1.165, 1.54) is 0 Å². The quantitative estimate of drug-likeness (QED) is 0.767. The zero-order valence-corrected chi connectivity index (χ0v) is 13.0. The molecule has 0 amide bonds. The lowest BCUT2D eigenvalue weighted by molar-refractivity contribution is 0.227. The molecule has 0 aliphatic rings. The molecule has 3 nitrogen and oxygen atoms in total. The molecule has 104 valence electrons. The molecule has 0 saturated carbocycles. The fraction of sp³-hybridized carbons (Fsp3) is 1.00. The highest BCUT2D eigenvalue weighted by Crippen LogP contribution is 2.28. The zero-order valence-electron chi connectivity index (χ0n) is 12.2. The van der Waals surface area contributed by atoms with Crippen molar-refractivity contribution in [3.05, 3.63) is 0 Å². The Hall–Kier alpha value is -0.0900. The van der Waals surface area contributed by atoms with Gasteiger partial charge in [-0.2, -0.15) is 0 Å². The fourth-order valence-electron chi connectivity index (χ4n) is 1.70. The lowest BCUT2D eigenvalue weighted by Crippen LogP contribution is -2.34. The van der Waals surface area contributed by atoms with Crippen molar-refractivity contribution >= 4 is 9.84 Å². The van der Waals surface area contributed by atoms with Crippen molar-refractivity contribution in [2.75, 3.05) is 18.8 Å². The van der Waals surface area contributed by atoms with Crippen molar-refractivity contribution in [3.63, 3.8) is 0 Å². The molecule has 0 heterocycles. The first-order valence-corrected chi connectivity index (χ1v) is 8.25. The van der Waals surface area contributed by atoms with E-state index in [2.05, 4.69) is 33.0 Å². The van der Waals surface area contributed by atoms with E-state index >= 15 is 0 Å². The first-order chi connectivity index (χ1) is 7.61. The Morgan fingerprint density at radius 3 is 2.06 bits per heavy atom. The van der Waals surface area contributed by atoms with Crippen LogP contribution in [-0.2, 0) is 9.84 Å². The average Bonchev–Trinajstić information content (AvgIpc) is 2.15. The van der Waals surface area contributed by atoms with Gasteiger partial charge < -0.3 is 5.32 Å². The Bertz CT molecular complexity index is 302. The van der Waals surface area contributed by atoms with Gasteiger partial charge in [0.05, 0.1) is 11.0 Å². The molecule has 4 heteroatoms. The van der Waals surface area contributed by atoms with Gasteiger partial charge in [0, 0.05) is 0 Å². The summed E-state index contributed by atoms with van der Waals surface area (Å²) in [6.45, 7) is 13.9. The molecular weight excluding hydrogens is 234 g/mol. The highest BCUT2D eigenvalue weighted by atomic mass is 32.2. The monoisotopic (exact) mass is 263 g/mol. The van der Waals surface area contributed by atoms with Gasteiger partial charge in [-0.15, -0.1) is 0 Å². The standard InChI is InChI=1S/C13H29NO2S/c1-7-14-10-12(13(4,5)6)8-9-17(15,16)11(2)3/h11-12,14H,7-10H2,1-6H3. The second kappa shape index (κ2) is 6.74. The third kappa shape index (κ3) is 6.41. The van der Waals surface area contributed by atoms with Crippen LogP contribution in [0.5, 0.6) is 0 Å². The fourth-order valence-corrected chi connectivity index (χ4v) is 2.79. The number of hydrogen-bond donors (Lipinski definition) is 1. The maximum Gasteiger partial charge on any atom is 0.152 e. The van der Waals surface area contributed by atoms with Crippen LogP contribution in [0.4, 0.5) is 0 Å². The zero-order chi connectivity index (χ0) is 13.7. The van der Waals surface area contributed by atoms with Crippen LogP contribution < -0.4 is 5.32 Å². The first-order valence-electron chi connectivity index (χ1n) is 6.53. The molecule has 0 aromatic heterocycles. The van der Waals surface area contributed by atoms with Crippen molar-refractivity contribution in [2.45, 2.75) is 53.2 Å². The number of sulfone groups is 1. The second-order valence-corrected chi connectivity index (χ2v) is 8.75. The van der Waals surface area contributed by atoms with Crippen LogP contribution in [0.2, 0.25) is 0 Å². The third-order valence-electron chi connectivity index (χ3n) is 3.33. The van der Waals surface area contributed by atoms with E-state index in [0.717, 1.165) is 19.5 Å². The Morgan fingerprint density at radius 1 is 1.18 bits per heavy atom. The minimum absolute atomic E-state index is 0.147. The summed E-state index contributed by atoms with van der Waals surface area (Å²) in [4.78, 5) is 0. The average molecular weight is 263 g/mol. The molecule has 0 radical (unpaired) electrons.